The molecule has 8 nitrogen and oxygen atoms in total. The molecule has 134 valence electrons. The summed E-state index contributed by atoms with van der Waals surface area (Å²) in [5.74, 6) is -0.558. The van der Waals surface area contributed by atoms with Crippen molar-refractivity contribution in [2.24, 2.45) is 5.73 Å². The number of amides is 1. The highest BCUT2D eigenvalue weighted by atomic mass is 16.3. The van der Waals surface area contributed by atoms with Crippen LogP contribution in [0.3, 0.4) is 0 Å². The van der Waals surface area contributed by atoms with Gasteiger partial charge in [0.15, 0.2) is 17.2 Å². The number of rotatable bonds is 4. The number of nitrogens with one attached hydrogen (secondary N) is 1. The lowest BCUT2D eigenvalue weighted by Gasteiger charge is -2.07. The number of fused-ring (bicyclic) bond motifs is 1. The maximum atomic E-state index is 12.5. The predicted octanol–water partition coefficient (Wildman–Crippen LogP) is 1.64. The molecule has 0 saturated heterocycles. The Morgan fingerprint density at radius 2 is 1.89 bits per heavy atom. The van der Waals surface area contributed by atoms with Crippen LogP contribution in [0.1, 0.15) is 16.1 Å². The van der Waals surface area contributed by atoms with Gasteiger partial charge in [-0.1, -0.05) is 42.5 Å². The number of phenols is 1. The Balaban J connectivity index is 1.96. The Morgan fingerprint density at radius 1 is 1.11 bits per heavy atom. The zero-order chi connectivity index (χ0) is 19.0. The standard InChI is InChI=1S/C19H15N5O3/c20-16(26)14-15-18(23-17(21-14)12-7-4-8-13(25)9-12)24(19(27)22-15)10-11-5-2-1-3-6-11/h1-9,25H,10H2,(H2,20,26)(H,22,27). The van der Waals surface area contributed by atoms with Crippen LogP contribution in [0.2, 0.25) is 0 Å². The number of carbonyl (C=O) groups is 1. The number of hydrogen-bond donors (Lipinski definition) is 3. The monoisotopic (exact) mass is 361 g/mol. The van der Waals surface area contributed by atoms with E-state index in [0.717, 1.165) is 5.56 Å². The van der Waals surface area contributed by atoms with Crippen LogP contribution < -0.4 is 11.4 Å². The Bertz CT molecular complexity index is 1210. The van der Waals surface area contributed by atoms with Gasteiger partial charge in [0.25, 0.3) is 5.91 Å². The lowest BCUT2D eigenvalue weighted by Crippen LogP contribution is -2.17. The van der Waals surface area contributed by atoms with Gasteiger partial charge in [0.05, 0.1) is 6.54 Å². The molecule has 0 spiro atoms. The van der Waals surface area contributed by atoms with Crippen LogP contribution in [0.4, 0.5) is 0 Å². The van der Waals surface area contributed by atoms with E-state index in [4.69, 9.17) is 5.73 Å². The molecule has 0 aliphatic carbocycles. The fourth-order valence-electron chi connectivity index (χ4n) is 2.90. The van der Waals surface area contributed by atoms with Gasteiger partial charge in [0.2, 0.25) is 0 Å². The van der Waals surface area contributed by atoms with Crippen molar-refractivity contribution in [2.75, 3.05) is 0 Å². The first-order chi connectivity index (χ1) is 13.0. The zero-order valence-electron chi connectivity index (χ0n) is 14.1. The van der Waals surface area contributed by atoms with Crippen LogP contribution in [0.25, 0.3) is 22.6 Å². The molecule has 4 aromatic rings. The van der Waals surface area contributed by atoms with E-state index < -0.39 is 11.6 Å². The van der Waals surface area contributed by atoms with Crippen molar-refractivity contribution in [3.63, 3.8) is 0 Å². The van der Waals surface area contributed by atoms with E-state index in [0.29, 0.717) is 5.56 Å². The lowest BCUT2D eigenvalue weighted by atomic mass is 10.2. The van der Waals surface area contributed by atoms with E-state index in [1.54, 1.807) is 12.1 Å². The van der Waals surface area contributed by atoms with E-state index in [1.165, 1.54) is 16.7 Å². The molecular weight excluding hydrogens is 346 g/mol. The van der Waals surface area contributed by atoms with Gasteiger partial charge in [-0.15, -0.1) is 0 Å². The van der Waals surface area contributed by atoms with Gasteiger partial charge in [0.1, 0.15) is 11.3 Å². The molecule has 27 heavy (non-hydrogen) atoms. The second kappa shape index (κ2) is 6.41. The van der Waals surface area contributed by atoms with E-state index >= 15 is 0 Å². The Kier molecular flexibility index (Phi) is 3.92. The Hall–Kier alpha value is -3.94. The third-order valence-electron chi connectivity index (χ3n) is 4.14. The van der Waals surface area contributed by atoms with Crippen molar-refractivity contribution in [3.8, 4) is 17.1 Å². The number of aromatic amines is 1. The van der Waals surface area contributed by atoms with Crippen molar-refractivity contribution < 1.29 is 9.90 Å². The number of H-pyrrole nitrogens is 1. The molecule has 8 heteroatoms. The maximum absolute atomic E-state index is 12.5. The summed E-state index contributed by atoms with van der Waals surface area (Å²) in [5.41, 5.74) is 6.82. The van der Waals surface area contributed by atoms with Crippen LogP contribution in [0.5, 0.6) is 5.75 Å². The molecule has 4 N–H and O–H groups in total. The molecule has 0 aliphatic heterocycles. The van der Waals surface area contributed by atoms with Crippen LogP contribution in [-0.4, -0.2) is 30.5 Å². The molecule has 2 aromatic carbocycles. The van der Waals surface area contributed by atoms with Gasteiger partial charge < -0.3 is 15.8 Å². The number of phenolic OH excluding ortho intramolecular Hbond substituents is 1. The first-order valence-corrected chi connectivity index (χ1v) is 8.16. The fourth-order valence-corrected chi connectivity index (χ4v) is 2.90. The number of aromatic nitrogens is 4. The molecule has 0 atom stereocenters. The number of primary amides is 1. The van der Waals surface area contributed by atoms with Gasteiger partial charge in [-0.25, -0.2) is 14.8 Å². The quantitative estimate of drug-likeness (QED) is 0.509. The molecule has 0 bridgehead atoms. The van der Waals surface area contributed by atoms with E-state index in [2.05, 4.69) is 15.0 Å². The highest BCUT2D eigenvalue weighted by molar-refractivity contribution is 6.01. The predicted molar refractivity (Wildman–Crippen MR) is 99.3 cm³/mol. The molecule has 0 radical (unpaired) electrons. The SMILES string of the molecule is NC(=O)c1nc(-c2cccc(O)c2)nc2c1[nH]c(=O)n2Cc1ccccc1. The summed E-state index contributed by atoms with van der Waals surface area (Å²) in [5, 5.41) is 9.71. The number of aromatic hydroxyl groups is 1. The van der Waals surface area contributed by atoms with E-state index in [-0.39, 0.29) is 35.0 Å². The highest BCUT2D eigenvalue weighted by Crippen LogP contribution is 2.23. The zero-order valence-corrected chi connectivity index (χ0v) is 14.1. The minimum Gasteiger partial charge on any atom is -0.508 e. The fraction of sp³-hybridized carbons (Fsp3) is 0.0526. The molecule has 0 fully saturated rings. The summed E-state index contributed by atoms with van der Waals surface area (Å²) < 4.78 is 1.42. The van der Waals surface area contributed by atoms with Crippen LogP contribution >= 0.6 is 0 Å². The number of carbonyl (C=O) groups excluding carboxylic acids is 1. The third-order valence-corrected chi connectivity index (χ3v) is 4.14. The normalized spacial score (nSPS) is 11.0. The summed E-state index contributed by atoms with van der Waals surface area (Å²) in [6, 6.07) is 15.7. The van der Waals surface area contributed by atoms with Crippen LogP contribution in [-0.2, 0) is 6.54 Å². The lowest BCUT2D eigenvalue weighted by molar-refractivity contribution is 0.0997. The van der Waals surface area contributed by atoms with Gasteiger partial charge in [-0.2, -0.15) is 0 Å². The largest absolute Gasteiger partial charge is 0.508 e. The van der Waals surface area contributed by atoms with Gasteiger partial charge in [-0.05, 0) is 17.7 Å². The smallest absolute Gasteiger partial charge is 0.328 e. The maximum Gasteiger partial charge on any atom is 0.328 e. The van der Waals surface area contributed by atoms with Crippen molar-refractivity contribution in [3.05, 3.63) is 76.3 Å². The van der Waals surface area contributed by atoms with Gasteiger partial charge in [0, 0.05) is 5.56 Å². The summed E-state index contributed by atoms with van der Waals surface area (Å²) in [6.07, 6.45) is 0. The van der Waals surface area contributed by atoms with Crippen LogP contribution in [0, 0.1) is 0 Å². The molecule has 0 unspecified atom stereocenters. The van der Waals surface area contributed by atoms with E-state index in [9.17, 15) is 14.7 Å². The summed E-state index contributed by atoms with van der Waals surface area (Å²) in [7, 11) is 0. The summed E-state index contributed by atoms with van der Waals surface area (Å²) in [6.45, 7) is 0.272. The van der Waals surface area contributed by atoms with Crippen LogP contribution in [0.15, 0.2) is 59.4 Å². The first kappa shape index (κ1) is 16.5. The second-order valence-electron chi connectivity index (χ2n) is 6.01. The third kappa shape index (κ3) is 3.04. The molecule has 2 aromatic heterocycles. The number of hydrogen-bond acceptors (Lipinski definition) is 5. The number of nitrogens with two attached hydrogens (primary N) is 1. The topological polar surface area (TPSA) is 127 Å². The van der Waals surface area contributed by atoms with E-state index in [1.807, 2.05) is 30.3 Å². The average Bonchev–Trinajstić information content (AvgIpc) is 2.97. The molecule has 1 amide bonds. The molecule has 2 heterocycles. The summed E-state index contributed by atoms with van der Waals surface area (Å²) >= 11 is 0. The number of benzene rings is 2. The summed E-state index contributed by atoms with van der Waals surface area (Å²) in [4.78, 5) is 35.6. The number of imidazole rings is 1. The molecule has 0 saturated carbocycles. The van der Waals surface area contributed by atoms with Crippen molar-refractivity contribution in [1.29, 1.82) is 0 Å². The van der Waals surface area contributed by atoms with Crippen molar-refractivity contribution >= 4 is 17.1 Å². The Labute approximate surface area is 152 Å². The first-order valence-electron chi connectivity index (χ1n) is 8.16. The molecular formula is C19H15N5O3. The van der Waals surface area contributed by atoms with Crippen molar-refractivity contribution in [1.82, 2.24) is 19.5 Å². The Morgan fingerprint density at radius 3 is 2.59 bits per heavy atom. The molecule has 0 aliphatic rings. The number of nitrogens with zero attached hydrogens (tertiary/aromatic N) is 3. The van der Waals surface area contributed by atoms with Gasteiger partial charge in [-0.3, -0.25) is 9.36 Å². The minimum atomic E-state index is -0.781. The second-order valence-corrected chi connectivity index (χ2v) is 6.01. The molecule has 4 rings (SSSR count). The average molecular weight is 361 g/mol. The van der Waals surface area contributed by atoms with Crippen molar-refractivity contribution in [2.45, 2.75) is 6.54 Å². The van der Waals surface area contributed by atoms with Gasteiger partial charge >= 0.3 is 5.69 Å². The highest BCUT2D eigenvalue weighted by Gasteiger charge is 2.19. The minimum absolute atomic E-state index is 0.0348.